The second kappa shape index (κ2) is 3.01. The molecule has 0 bridgehead atoms. The third kappa shape index (κ3) is 1.13. The molecule has 1 spiro atoms. The van der Waals surface area contributed by atoms with Crippen LogP contribution in [0.3, 0.4) is 0 Å². The molecule has 2 heterocycles. The summed E-state index contributed by atoms with van der Waals surface area (Å²) in [5, 5.41) is 16.9. The highest BCUT2D eigenvalue weighted by Gasteiger charge is 2.42. The molecule has 0 amide bonds. The molecule has 82 valence electrons. The third-order valence-electron chi connectivity index (χ3n) is 3.01. The Morgan fingerprint density at radius 3 is 3.06 bits per heavy atom. The summed E-state index contributed by atoms with van der Waals surface area (Å²) >= 11 is 0. The lowest BCUT2D eigenvalue weighted by molar-refractivity contribution is -0.000426. The van der Waals surface area contributed by atoms with Gasteiger partial charge in [0.2, 0.25) is 5.60 Å². The highest BCUT2D eigenvalue weighted by molar-refractivity contribution is 5.96. The van der Waals surface area contributed by atoms with E-state index in [4.69, 9.17) is 4.84 Å². The Labute approximate surface area is 93.2 Å². The fraction of sp³-hybridized carbons (Fsp3) is 0.250. The molecule has 2 N–H and O–H groups in total. The maximum atomic E-state index is 9.75. The van der Waals surface area contributed by atoms with Crippen LogP contribution in [0.15, 0.2) is 41.3 Å². The van der Waals surface area contributed by atoms with E-state index < -0.39 is 5.60 Å². The molecule has 0 saturated carbocycles. The van der Waals surface area contributed by atoms with E-state index in [2.05, 4.69) is 10.5 Å². The zero-order chi connectivity index (χ0) is 11.2. The highest BCUT2D eigenvalue weighted by Crippen LogP contribution is 2.40. The quantitative estimate of drug-likeness (QED) is 0.698. The van der Waals surface area contributed by atoms with Crippen LogP contribution in [0.4, 0.5) is 5.69 Å². The fourth-order valence-corrected chi connectivity index (χ4v) is 2.09. The van der Waals surface area contributed by atoms with Gasteiger partial charge in [-0.25, -0.2) is 0 Å². The molecule has 2 aliphatic rings. The smallest absolute Gasteiger partial charge is 0.203 e. The molecule has 0 saturated heterocycles. The van der Waals surface area contributed by atoms with E-state index in [9.17, 15) is 5.11 Å². The lowest BCUT2D eigenvalue weighted by Crippen LogP contribution is -2.32. The summed E-state index contributed by atoms with van der Waals surface area (Å²) in [6.45, 7) is 2.31. The van der Waals surface area contributed by atoms with Gasteiger partial charge in [-0.15, -0.1) is 0 Å². The van der Waals surface area contributed by atoms with Crippen molar-refractivity contribution in [2.75, 3.05) is 11.9 Å². The topological polar surface area (TPSA) is 53.9 Å². The number of fused-ring (bicyclic) bond motifs is 2. The first-order valence-corrected chi connectivity index (χ1v) is 5.20. The predicted octanol–water partition coefficient (Wildman–Crippen LogP) is 2.16. The summed E-state index contributed by atoms with van der Waals surface area (Å²) in [7, 11) is 0. The molecule has 0 aromatic heterocycles. The van der Waals surface area contributed by atoms with Crippen molar-refractivity contribution in [2.45, 2.75) is 12.5 Å². The largest absolute Gasteiger partial charge is 0.506 e. The number of aliphatic hydroxyl groups is 1. The van der Waals surface area contributed by atoms with Crippen molar-refractivity contribution in [1.29, 1.82) is 0 Å². The Kier molecular flexibility index (Phi) is 1.74. The van der Waals surface area contributed by atoms with Gasteiger partial charge >= 0.3 is 0 Å². The molecule has 4 nitrogen and oxygen atoms in total. The predicted molar refractivity (Wildman–Crippen MR) is 61.5 cm³/mol. The number of nitrogens with one attached hydrogen (secondary N) is 1. The number of rotatable bonds is 0. The van der Waals surface area contributed by atoms with Crippen LogP contribution >= 0.6 is 0 Å². The number of benzene rings is 1. The Hall–Kier alpha value is -1.97. The fourth-order valence-electron chi connectivity index (χ4n) is 2.09. The van der Waals surface area contributed by atoms with Gasteiger partial charge in [-0.3, -0.25) is 0 Å². The molecule has 0 aliphatic carbocycles. The molecule has 1 aromatic carbocycles. The van der Waals surface area contributed by atoms with E-state index in [0.29, 0.717) is 12.3 Å². The second-order valence-corrected chi connectivity index (χ2v) is 4.09. The van der Waals surface area contributed by atoms with Crippen LogP contribution in [0.2, 0.25) is 0 Å². The van der Waals surface area contributed by atoms with Crippen LogP contribution in [-0.2, 0) is 10.4 Å². The molecular weight excluding hydrogens is 204 g/mol. The Morgan fingerprint density at radius 2 is 2.25 bits per heavy atom. The Morgan fingerprint density at radius 1 is 1.44 bits per heavy atom. The first-order chi connectivity index (χ1) is 7.71. The molecule has 16 heavy (non-hydrogen) atoms. The van der Waals surface area contributed by atoms with Gasteiger partial charge in [0, 0.05) is 17.3 Å². The van der Waals surface area contributed by atoms with Gasteiger partial charge in [0.25, 0.3) is 0 Å². The third-order valence-corrected chi connectivity index (χ3v) is 3.01. The SMILES string of the molecule is CC1=NOC2(C=C1O)CNc1ccccc12. The van der Waals surface area contributed by atoms with Crippen molar-refractivity contribution in [2.24, 2.45) is 5.16 Å². The van der Waals surface area contributed by atoms with Crippen LogP contribution in [-0.4, -0.2) is 17.4 Å². The number of allylic oxidation sites excluding steroid dienone is 1. The van der Waals surface area contributed by atoms with Crippen molar-refractivity contribution in [3.05, 3.63) is 41.7 Å². The van der Waals surface area contributed by atoms with Crippen molar-refractivity contribution in [3.8, 4) is 0 Å². The average Bonchev–Trinajstić information content (AvgIpc) is 2.65. The molecule has 1 aromatic rings. The number of oxime groups is 1. The van der Waals surface area contributed by atoms with Gasteiger partial charge < -0.3 is 15.3 Å². The average molecular weight is 216 g/mol. The minimum absolute atomic E-state index is 0.185. The molecule has 0 fully saturated rings. The zero-order valence-electron chi connectivity index (χ0n) is 8.90. The van der Waals surface area contributed by atoms with Gasteiger partial charge in [-0.05, 0) is 13.0 Å². The van der Waals surface area contributed by atoms with Gasteiger partial charge in [0.05, 0.1) is 6.54 Å². The summed E-state index contributed by atoms with van der Waals surface area (Å²) in [6.07, 6.45) is 1.72. The lowest BCUT2D eigenvalue weighted by atomic mass is 9.94. The summed E-state index contributed by atoms with van der Waals surface area (Å²) in [5.41, 5.74) is 1.90. The molecule has 3 rings (SSSR count). The van der Waals surface area contributed by atoms with Crippen LogP contribution in [0, 0.1) is 0 Å². The van der Waals surface area contributed by atoms with E-state index in [-0.39, 0.29) is 5.76 Å². The van der Waals surface area contributed by atoms with Gasteiger partial charge in [-0.2, -0.15) is 0 Å². The van der Waals surface area contributed by atoms with Gasteiger partial charge in [0.1, 0.15) is 11.5 Å². The second-order valence-electron chi connectivity index (χ2n) is 4.09. The normalized spacial score (nSPS) is 26.6. The van der Waals surface area contributed by atoms with Crippen molar-refractivity contribution in [1.82, 2.24) is 0 Å². The van der Waals surface area contributed by atoms with Crippen molar-refractivity contribution in [3.63, 3.8) is 0 Å². The van der Waals surface area contributed by atoms with E-state index in [0.717, 1.165) is 11.3 Å². The standard InChI is InChI=1S/C12H12N2O2/c1-8-11(15)6-12(16-14-8)7-13-10-5-3-2-4-9(10)12/h2-6,13,15H,7H2,1H3. The first-order valence-electron chi connectivity index (χ1n) is 5.20. The van der Waals surface area contributed by atoms with Crippen LogP contribution < -0.4 is 5.32 Å². The number of hydrogen-bond donors (Lipinski definition) is 2. The molecule has 0 radical (unpaired) electrons. The van der Waals surface area contributed by atoms with Gasteiger partial charge in [0.15, 0.2) is 0 Å². The number of para-hydroxylation sites is 1. The summed E-state index contributed by atoms with van der Waals surface area (Å²) < 4.78 is 0. The Bertz CT molecular complexity index is 507. The monoisotopic (exact) mass is 216 g/mol. The number of nitrogens with zero attached hydrogens (tertiary/aromatic N) is 1. The summed E-state index contributed by atoms with van der Waals surface area (Å²) in [4.78, 5) is 5.52. The molecule has 1 atom stereocenters. The first kappa shape index (κ1) is 9.27. The molecule has 4 heteroatoms. The number of anilines is 1. The van der Waals surface area contributed by atoms with Crippen LogP contribution in [0.5, 0.6) is 0 Å². The zero-order valence-corrected chi connectivity index (χ0v) is 8.90. The van der Waals surface area contributed by atoms with E-state index in [1.54, 1.807) is 13.0 Å². The van der Waals surface area contributed by atoms with Crippen molar-refractivity contribution >= 4 is 11.4 Å². The van der Waals surface area contributed by atoms with E-state index in [1.165, 1.54) is 0 Å². The molecule has 2 aliphatic heterocycles. The summed E-state index contributed by atoms with van der Waals surface area (Å²) in [5.74, 6) is 0.185. The number of hydrogen-bond acceptors (Lipinski definition) is 4. The number of aliphatic hydroxyl groups excluding tert-OH is 1. The van der Waals surface area contributed by atoms with Gasteiger partial charge in [-0.1, -0.05) is 23.4 Å². The molecule has 1 unspecified atom stereocenters. The lowest BCUT2D eigenvalue weighted by Gasteiger charge is -2.26. The van der Waals surface area contributed by atoms with E-state index in [1.807, 2.05) is 24.3 Å². The highest BCUT2D eigenvalue weighted by atomic mass is 16.7. The van der Waals surface area contributed by atoms with E-state index >= 15 is 0 Å². The maximum Gasteiger partial charge on any atom is 0.203 e. The Balaban J connectivity index is 2.11. The molecular formula is C12H12N2O2. The van der Waals surface area contributed by atoms with Crippen LogP contribution in [0.1, 0.15) is 12.5 Å². The maximum absolute atomic E-state index is 9.75. The minimum atomic E-state index is -0.653. The van der Waals surface area contributed by atoms with Crippen LogP contribution in [0.25, 0.3) is 0 Å². The summed E-state index contributed by atoms with van der Waals surface area (Å²) in [6, 6.07) is 7.89. The van der Waals surface area contributed by atoms with Crippen molar-refractivity contribution < 1.29 is 9.94 Å². The minimum Gasteiger partial charge on any atom is -0.506 e.